The van der Waals surface area contributed by atoms with Crippen molar-refractivity contribution in [3.63, 3.8) is 0 Å². The summed E-state index contributed by atoms with van der Waals surface area (Å²) in [5.41, 5.74) is 1.44. The third-order valence-electron chi connectivity index (χ3n) is 5.62. The van der Waals surface area contributed by atoms with Gasteiger partial charge in [-0.25, -0.2) is 13.9 Å². The fourth-order valence-electron chi connectivity index (χ4n) is 3.33. The molecule has 30 heavy (non-hydrogen) atoms. The van der Waals surface area contributed by atoms with Gasteiger partial charge in [-0.05, 0) is 63.3 Å². The molecule has 0 saturated carbocycles. The van der Waals surface area contributed by atoms with Gasteiger partial charge >= 0.3 is 5.97 Å². The minimum atomic E-state index is -1.09. The van der Waals surface area contributed by atoms with Gasteiger partial charge in [0.1, 0.15) is 11.4 Å². The molecular weight excluding hydrogens is 387 g/mol. The molecule has 1 heterocycles. The van der Waals surface area contributed by atoms with E-state index in [1.807, 2.05) is 13.8 Å². The molecule has 1 aliphatic rings. The molecular formula is C22H25FN4O3. The van der Waals surface area contributed by atoms with Crippen molar-refractivity contribution in [2.75, 3.05) is 0 Å². The minimum absolute atomic E-state index is 0.121. The van der Waals surface area contributed by atoms with Crippen molar-refractivity contribution in [2.45, 2.75) is 58.6 Å². The number of aromatic nitrogens is 2. The van der Waals surface area contributed by atoms with E-state index in [4.69, 9.17) is 4.74 Å². The Bertz CT molecular complexity index is 1010. The van der Waals surface area contributed by atoms with Gasteiger partial charge in [0.05, 0.1) is 11.8 Å². The Morgan fingerprint density at radius 1 is 1.27 bits per heavy atom. The Balaban J connectivity index is 1.79. The van der Waals surface area contributed by atoms with Crippen molar-refractivity contribution in [3.8, 4) is 11.8 Å². The summed E-state index contributed by atoms with van der Waals surface area (Å²) in [6, 6.07) is 7.96. The molecule has 1 aromatic heterocycles. The third-order valence-corrected chi connectivity index (χ3v) is 5.62. The molecule has 0 aliphatic heterocycles. The molecule has 3 rings (SSSR count). The van der Waals surface area contributed by atoms with Gasteiger partial charge in [-0.15, -0.1) is 0 Å². The van der Waals surface area contributed by atoms with Crippen molar-refractivity contribution < 1.29 is 18.7 Å². The molecule has 1 amide bonds. The second-order valence-electron chi connectivity index (χ2n) is 8.02. The number of hydrogen-bond donors (Lipinski definition) is 1. The zero-order valence-corrected chi connectivity index (χ0v) is 17.5. The van der Waals surface area contributed by atoms with Gasteiger partial charge in [-0.3, -0.25) is 4.79 Å². The summed E-state index contributed by atoms with van der Waals surface area (Å²) in [5, 5.41) is 16.4. The first-order valence-corrected chi connectivity index (χ1v) is 9.97. The number of esters is 1. The first-order valence-electron chi connectivity index (χ1n) is 9.97. The molecule has 2 atom stereocenters. The third kappa shape index (κ3) is 4.06. The number of amides is 1. The minimum Gasteiger partial charge on any atom is -0.448 e. The summed E-state index contributed by atoms with van der Waals surface area (Å²) in [5.74, 6) is -1.72. The summed E-state index contributed by atoms with van der Waals surface area (Å²) in [6.45, 7) is 6.74. The Hall–Kier alpha value is -3.21. The van der Waals surface area contributed by atoms with Crippen LogP contribution in [0.15, 0.2) is 24.3 Å². The van der Waals surface area contributed by atoms with Crippen molar-refractivity contribution in [1.29, 1.82) is 5.26 Å². The molecule has 2 aromatic rings. The molecule has 0 spiro atoms. The normalized spacial score (nSPS) is 15.8. The van der Waals surface area contributed by atoms with E-state index in [-0.39, 0.29) is 17.4 Å². The highest BCUT2D eigenvalue weighted by molar-refractivity contribution is 5.92. The van der Waals surface area contributed by atoms with Crippen molar-refractivity contribution in [3.05, 3.63) is 47.0 Å². The average molecular weight is 412 g/mol. The maximum absolute atomic E-state index is 13.3. The number of carbonyl (C=O) groups is 2. The van der Waals surface area contributed by atoms with Crippen LogP contribution in [-0.2, 0) is 22.4 Å². The van der Waals surface area contributed by atoms with Crippen LogP contribution in [0.3, 0.4) is 0 Å². The Labute approximate surface area is 174 Å². The van der Waals surface area contributed by atoms with E-state index < -0.39 is 23.5 Å². The first-order chi connectivity index (χ1) is 14.2. The topological polar surface area (TPSA) is 97.0 Å². The molecule has 0 radical (unpaired) electrons. The highest BCUT2D eigenvalue weighted by Crippen LogP contribution is 2.28. The lowest BCUT2D eigenvalue weighted by atomic mass is 9.90. The lowest BCUT2D eigenvalue weighted by Crippen LogP contribution is -2.52. The highest BCUT2D eigenvalue weighted by atomic mass is 19.1. The average Bonchev–Trinajstić information content (AvgIpc) is 3.31. The van der Waals surface area contributed by atoms with E-state index in [1.165, 1.54) is 19.1 Å². The van der Waals surface area contributed by atoms with Gasteiger partial charge < -0.3 is 10.1 Å². The second-order valence-corrected chi connectivity index (χ2v) is 8.02. The van der Waals surface area contributed by atoms with Crippen LogP contribution in [-0.4, -0.2) is 33.3 Å². The standard InChI is InChI=1S/C22H25FN4O3/c1-13(2)22(4,12-24)25-20(28)14(3)30-21(29)19-17-6-5-7-18(17)27(26-19)16-10-8-15(23)9-11-16/h8-11,13-14H,5-7H2,1-4H3,(H,25,28)/t14-,22-/m0/s1. The molecule has 0 saturated heterocycles. The lowest BCUT2D eigenvalue weighted by molar-refractivity contribution is -0.130. The van der Waals surface area contributed by atoms with Crippen molar-refractivity contribution >= 4 is 11.9 Å². The molecule has 0 bridgehead atoms. The first kappa shape index (κ1) is 21.5. The predicted octanol–water partition coefficient (Wildman–Crippen LogP) is 3.10. The number of nitrogens with one attached hydrogen (secondary N) is 1. The van der Waals surface area contributed by atoms with E-state index in [9.17, 15) is 19.2 Å². The van der Waals surface area contributed by atoms with Crippen LogP contribution in [0.5, 0.6) is 0 Å². The molecule has 8 heteroatoms. The molecule has 158 valence electrons. The van der Waals surface area contributed by atoms with E-state index in [0.29, 0.717) is 12.1 Å². The number of nitrogens with zero attached hydrogens (tertiary/aromatic N) is 3. The number of fused-ring (bicyclic) bond motifs is 1. The second kappa shape index (κ2) is 8.27. The number of halogens is 1. The van der Waals surface area contributed by atoms with E-state index in [2.05, 4.69) is 16.5 Å². The van der Waals surface area contributed by atoms with E-state index in [1.54, 1.807) is 23.7 Å². The van der Waals surface area contributed by atoms with E-state index >= 15 is 0 Å². The summed E-state index contributed by atoms with van der Waals surface area (Å²) >= 11 is 0. The fraction of sp³-hybridized carbons (Fsp3) is 0.455. The smallest absolute Gasteiger partial charge is 0.359 e. The molecule has 7 nitrogen and oxygen atoms in total. The number of ether oxygens (including phenoxy) is 1. The molecule has 0 unspecified atom stereocenters. The number of benzene rings is 1. The SMILES string of the molecule is CC(C)[C@](C)(C#N)NC(=O)[C@H](C)OC(=O)c1nn(-c2ccc(F)cc2)c2c1CCC2. The van der Waals surface area contributed by atoms with Crippen LogP contribution in [0.4, 0.5) is 4.39 Å². The number of hydrogen-bond acceptors (Lipinski definition) is 5. The fourth-order valence-corrected chi connectivity index (χ4v) is 3.33. The molecule has 1 aliphatic carbocycles. The van der Waals surface area contributed by atoms with Crippen molar-refractivity contribution in [1.82, 2.24) is 15.1 Å². The maximum atomic E-state index is 13.3. The van der Waals surface area contributed by atoms with Crippen LogP contribution < -0.4 is 5.32 Å². The van der Waals surface area contributed by atoms with Gasteiger partial charge in [0.15, 0.2) is 11.8 Å². The Kier molecular flexibility index (Phi) is 5.92. The summed E-state index contributed by atoms with van der Waals surface area (Å²) in [6.07, 6.45) is 1.22. The zero-order valence-electron chi connectivity index (χ0n) is 17.5. The van der Waals surface area contributed by atoms with Crippen LogP contribution in [0, 0.1) is 23.1 Å². The van der Waals surface area contributed by atoms with Crippen LogP contribution in [0.2, 0.25) is 0 Å². The predicted molar refractivity (Wildman–Crippen MR) is 107 cm³/mol. The Morgan fingerprint density at radius 3 is 2.53 bits per heavy atom. The number of nitriles is 1. The van der Waals surface area contributed by atoms with Gasteiger partial charge in [0, 0.05) is 11.3 Å². The van der Waals surface area contributed by atoms with Gasteiger partial charge in [-0.1, -0.05) is 13.8 Å². The molecule has 0 fully saturated rings. The van der Waals surface area contributed by atoms with Crippen molar-refractivity contribution in [2.24, 2.45) is 5.92 Å². The van der Waals surface area contributed by atoms with Crippen LogP contribution in [0.25, 0.3) is 5.69 Å². The van der Waals surface area contributed by atoms with Gasteiger partial charge in [-0.2, -0.15) is 10.4 Å². The van der Waals surface area contributed by atoms with Crippen LogP contribution in [0.1, 0.15) is 55.9 Å². The van der Waals surface area contributed by atoms with E-state index in [0.717, 1.165) is 24.1 Å². The largest absolute Gasteiger partial charge is 0.448 e. The monoisotopic (exact) mass is 412 g/mol. The van der Waals surface area contributed by atoms with Crippen LogP contribution >= 0.6 is 0 Å². The number of carbonyl (C=O) groups excluding carboxylic acids is 2. The number of rotatable bonds is 6. The van der Waals surface area contributed by atoms with Gasteiger partial charge in [0.25, 0.3) is 5.91 Å². The quantitative estimate of drug-likeness (QED) is 0.736. The summed E-state index contributed by atoms with van der Waals surface area (Å²) in [7, 11) is 0. The molecule has 1 N–H and O–H groups in total. The Morgan fingerprint density at radius 2 is 1.93 bits per heavy atom. The van der Waals surface area contributed by atoms with Gasteiger partial charge in [0.2, 0.25) is 0 Å². The summed E-state index contributed by atoms with van der Waals surface area (Å²) in [4.78, 5) is 25.3. The summed E-state index contributed by atoms with van der Waals surface area (Å²) < 4.78 is 20.3. The lowest BCUT2D eigenvalue weighted by Gasteiger charge is -2.28. The highest BCUT2D eigenvalue weighted by Gasteiger charge is 2.34. The maximum Gasteiger partial charge on any atom is 0.359 e. The zero-order chi connectivity index (χ0) is 22.1. The molecule has 1 aromatic carbocycles.